The molecular weight excluding hydrogens is 478 g/mol. The number of nitrogens with zero attached hydrogens (tertiary/aromatic N) is 1. The zero-order valence-corrected chi connectivity index (χ0v) is 23.8. The molecule has 206 valence electrons. The molecule has 7 nitrogen and oxygen atoms in total. The molecule has 2 rings (SSSR count). The average molecular weight is 522 g/mol. The Hall–Kier alpha value is -3.61. The lowest BCUT2D eigenvalue weighted by molar-refractivity contribution is -0.145. The quantitative estimate of drug-likeness (QED) is 0.388. The fraction of sp³-hybridized carbons (Fsp3) is 0.452. The molecule has 0 aliphatic carbocycles. The summed E-state index contributed by atoms with van der Waals surface area (Å²) in [5.41, 5.74) is 1.74. The van der Waals surface area contributed by atoms with E-state index in [1.807, 2.05) is 82.3 Å². The van der Waals surface area contributed by atoms with Crippen molar-refractivity contribution in [2.75, 3.05) is 0 Å². The van der Waals surface area contributed by atoms with Gasteiger partial charge < -0.3 is 20.3 Å². The van der Waals surface area contributed by atoms with Crippen LogP contribution in [0.4, 0.5) is 4.79 Å². The van der Waals surface area contributed by atoms with Gasteiger partial charge in [-0.2, -0.15) is 0 Å². The minimum Gasteiger partial charge on any atom is -0.444 e. The van der Waals surface area contributed by atoms with Crippen LogP contribution in [0.5, 0.6) is 0 Å². The molecule has 2 N–H and O–H groups in total. The Morgan fingerprint density at radius 1 is 1.03 bits per heavy atom. The number of benzene rings is 2. The third-order valence-corrected chi connectivity index (χ3v) is 6.26. The van der Waals surface area contributed by atoms with Crippen LogP contribution in [-0.4, -0.2) is 40.5 Å². The Kier molecular flexibility index (Phi) is 11.1. The monoisotopic (exact) mass is 521 g/mol. The molecule has 0 saturated heterocycles. The highest BCUT2D eigenvalue weighted by Crippen LogP contribution is 2.28. The predicted octanol–water partition coefficient (Wildman–Crippen LogP) is 5.86. The second-order valence-electron chi connectivity index (χ2n) is 10.8. The SMILES string of the molecule is C=Cc1cccc(C(C(=O)NCc2ccccc2)N(C(=O)C(NC(=O)OC(C)(C)C)C(C)CC)C(C)C)c1. The van der Waals surface area contributed by atoms with E-state index in [0.717, 1.165) is 11.1 Å². The first-order valence-electron chi connectivity index (χ1n) is 13.2. The smallest absolute Gasteiger partial charge is 0.408 e. The molecule has 0 radical (unpaired) electrons. The van der Waals surface area contributed by atoms with Crippen molar-refractivity contribution >= 4 is 24.0 Å². The summed E-state index contributed by atoms with van der Waals surface area (Å²) in [6, 6.07) is 14.9. The molecule has 2 aromatic rings. The Morgan fingerprint density at radius 2 is 1.68 bits per heavy atom. The minimum absolute atomic E-state index is 0.191. The summed E-state index contributed by atoms with van der Waals surface area (Å²) in [6.45, 7) is 17.1. The van der Waals surface area contributed by atoms with Crippen LogP contribution in [0, 0.1) is 5.92 Å². The van der Waals surface area contributed by atoms with Crippen molar-refractivity contribution in [2.45, 2.75) is 85.2 Å². The van der Waals surface area contributed by atoms with Gasteiger partial charge >= 0.3 is 6.09 Å². The number of ether oxygens (including phenoxy) is 1. The summed E-state index contributed by atoms with van der Waals surface area (Å²) in [5, 5.41) is 5.79. The maximum atomic E-state index is 14.2. The molecule has 7 heteroatoms. The van der Waals surface area contributed by atoms with Crippen LogP contribution in [0.3, 0.4) is 0 Å². The maximum Gasteiger partial charge on any atom is 0.408 e. The van der Waals surface area contributed by atoms with E-state index in [4.69, 9.17) is 4.74 Å². The van der Waals surface area contributed by atoms with Crippen molar-refractivity contribution in [1.82, 2.24) is 15.5 Å². The van der Waals surface area contributed by atoms with Crippen molar-refractivity contribution in [1.29, 1.82) is 0 Å². The number of rotatable bonds is 11. The fourth-order valence-electron chi connectivity index (χ4n) is 4.13. The lowest BCUT2D eigenvalue weighted by Gasteiger charge is -2.38. The topological polar surface area (TPSA) is 87.7 Å². The Balaban J connectivity index is 2.50. The summed E-state index contributed by atoms with van der Waals surface area (Å²) in [6.07, 6.45) is 1.68. The first kappa shape index (κ1) is 30.6. The van der Waals surface area contributed by atoms with Crippen LogP contribution in [0.2, 0.25) is 0 Å². The van der Waals surface area contributed by atoms with E-state index >= 15 is 0 Å². The van der Waals surface area contributed by atoms with Gasteiger partial charge in [0.15, 0.2) is 0 Å². The molecule has 0 fully saturated rings. The van der Waals surface area contributed by atoms with Crippen molar-refractivity contribution in [3.8, 4) is 0 Å². The molecule has 0 aliphatic rings. The molecular formula is C31H43N3O4. The Bertz CT molecular complexity index is 1090. The highest BCUT2D eigenvalue weighted by atomic mass is 16.6. The second kappa shape index (κ2) is 13.8. The Labute approximate surface area is 227 Å². The summed E-state index contributed by atoms with van der Waals surface area (Å²) < 4.78 is 5.45. The summed E-state index contributed by atoms with van der Waals surface area (Å²) >= 11 is 0. The third-order valence-electron chi connectivity index (χ3n) is 6.26. The summed E-state index contributed by atoms with van der Waals surface area (Å²) in [7, 11) is 0. The van der Waals surface area contributed by atoms with Crippen molar-refractivity contribution < 1.29 is 19.1 Å². The molecule has 3 atom stereocenters. The van der Waals surface area contributed by atoms with Gasteiger partial charge in [-0.25, -0.2) is 4.79 Å². The summed E-state index contributed by atoms with van der Waals surface area (Å²) in [4.78, 5) is 42.3. The van der Waals surface area contributed by atoms with Crippen LogP contribution >= 0.6 is 0 Å². The first-order valence-corrected chi connectivity index (χ1v) is 13.2. The maximum absolute atomic E-state index is 14.2. The van der Waals surface area contributed by atoms with Gasteiger partial charge in [-0.3, -0.25) is 9.59 Å². The number of carbonyl (C=O) groups excluding carboxylic acids is 3. The first-order chi connectivity index (χ1) is 17.9. The largest absolute Gasteiger partial charge is 0.444 e. The van der Waals surface area contributed by atoms with Gasteiger partial charge in [-0.1, -0.05) is 81.5 Å². The van der Waals surface area contributed by atoms with E-state index in [1.54, 1.807) is 31.7 Å². The molecule has 0 saturated carbocycles. The molecule has 3 amide bonds. The van der Waals surface area contributed by atoms with Gasteiger partial charge in [0.2, 0.25) is 11.8 Å². The number of amides is 3. The number of hydrogen-bond acceptors (Lipinski definition) is 4. The van der Waals surface area contributed by atoms with Crippen LogP contribution in [0.15, 0.2) is 61.2 Å². The number of nitrogens with one attached hydrogen (secondary N) is 2. The highest BCUT2D eigenvalue weighted by Gasteiger charge is 2.39. The van der Waals surface area contributed by atoms with Crippen LogP contribution in [-0.2, 0) is 20.9 Å². The van der Waals surface area contributed by atoms with E-state index in [0.29, 0.717) is 18.5 Å². The van der Waals surface area contributed by atoms with Crippen LogP contribution in [0.25, 0.3) is 6.08 Å². The van der Waals surface area contributed by atoms with E-state index in [9.17, 15) is 14.4 Å². The van der Waals surface area contributed by atoms with Crippen molar-refractivity contribution in [3.05, 3.63) is 77.9 Å². The fourth-order valence-corrected chi connectivity index (χ4v) is 4.13. The molecule has 0 aromatic heterocycles. The predicted molar refractivity (Wildman–Crippen MR) is 152 cm³/mol. The lowest BCUT2D eigenvalue weighted by atomic mass is 9.94. The summed E-state index contributed by atoms with van der Waals surface area (Å²) in [5.74, 6) is -0.842. The zero-order chi connectivity index (χ0) is 28.5. The third kappa shape index (κ3) is 8.75. The van der Waals surface area contributed by atoms with Gasteiger partial charge in [0.05, 0.1) is 0 Å². The van der Waals surface area contributed by atoms with Crippen molar-refractivity contribution in [2.24, 2.45) is 5.92 Å². The van der Waals surface area contributed by atoms with Gasteiger partial charge in [0, 0.05) is 12.6 Å². The lowest BCUT2D eigenvalue weighted by Crippen LogP contribution is -2.56. The van der Waals surface area contributed by atoms with Gasteiger partial charge in [-0.05, 0) is 63.3 Å². The van der Waals surface area contributed by atoms with Crippen molar-refractivity contribution in [3.63, 3.8) is 0 Å². The minimum atomic E-state index is -0.918. The van der Waals surface area contributed by atoms with E-state index in [1.165, 1.54) is 0 Å². The van der Waals surface area contributed by atoms with E-state index < -0.39 is 23.8 Å². The van der Waals surface area contributed by atoms with Gasteiger partial charge in [-0.15, -0.1) is 0 Å². The zero-order valence-electron chi connectivity index (χ0n) is 23.8. The molecule has 0 bridgehead atoms. The van der Waals surface area contributed by atoms with E-state index in [-0.39, 0.29) is 23.8 Å². The number of hydrogen-bond donors (Lipinski definition) is 2. The molecule has 2 aromatic carbocycles. The second-order valence-corrected chi connectivity index (χ2v) is 10.8. The molecule has 0 heterocycles. The van der Waals surface area contributed by atoms with Gasteiger partial charge in [0.1, 0.15) is 17.7 Å². The molecule has 3 unspecified atom stereocenters. The highest BCUT2D eigenvalue weighted by molar-refractivity contribution is 5.92. The molecule has 0 aliphatic heterocycles. The molecule has 0 spiro atoms. The van der Waals surface area contributed by atoms with E-state index in [2.05, 4.69) is 17.2 Å². The normalized spacial score (nSPS) is 13.7. The van der Waals surface area contributed by atoms with Gasteiger partial charge in [0.25, 0.3) is 0 Å². The standard InChI is InChI=1S/C31H43N3O4/c1-9-22(5)26(33-30(37)38-31(6,7)8)29(36)34(21(3)4)27(25-18-14-17-23(10-2)19-25)28(35)32-20-24-15-12-11-13-16-24/h10-19,21-22,26-27H,2,9,20H2,1,3-8H3,(H,32,35)(H,33,37). The Morgan fingerprint density at radius 3 is 2.24 bits per heavy atom. The number of carbonyl (C=O) groups is 3. The number of alkyl carbamates (subject to hydrolysis) is 1. The molecule has 38 heavy (non-hydrogen) atoms. The van der Waals surface area contributed by atoms with Crippen LogP contribution in [0.1, 0.15) is 77.6 Å². The average Bonchev–Trinajstić information content (AvgIpc) is 2.87. The van der Waals surface area contributed by atoms with Crippen LogP contribution < -0.4 is 10.6 Å².